The zero-order chi connectivity index (χ0) is 14.8. The lowest BCUT2D eigenvalue weighted by molar-refractivity contribution is -0.384. The van der Waals surface area contributed by atoms with Gasteiger partial charge in [-0.05, 0) is 37.9 Å². The predicted octanol–water partition coefficient (Wildman–Crippen LogP) is 1.23. The van der Waals surface area contributed by atoms with Crippen LogP contribution in [0.4, 0.5) is 11.4 Å². The van der Waals surface area contributed by atoms with Crippen LogP contribution in [0.25, 0.3) is 0 Å². The number of nitrogens with one attached hydrogen (secondary N) is 1. The second-order valence-corrected chi connectivity index (χ2v) is 5.55. The molecule has 0 bridgehead atoms. The van der Waals surface area contributed by atoms with E-state index in [1.54, 1.807) is 6.07 Å². The summed E-state index contributed by atoms with van der Waals surface area (Å²) in [4.78, 5) is 12.5. The van der Waals surface area contributed by atoms with E-state index in [1.807, 2.05) is 6.92 Å². The Morgan fingerprint density at radius 1 is 1.60 bits per heavy atom. The van der Waals surface area contributed by atoms with Crippen molar-refractivity contribution in [2.45, 2.75) is 31.9 Å². The zero-order valence-corrected chi connectivity index (χ0v) is 11.5. The predicted molar refractivity (Wildman–Crippen MR) is 76.0 cm³/mol. The maximum atomic E-state index is 10.8. The summed E-state index contributed by atoms with van der Waals surface area (Å²) in [5.74, 6) is 5.45. The molecular formula is C13H20N4O3. The minimum atomic E-state index is -0.699. The number of nitrogens with two attached hydrogens (primary N) is 1. The van der Waals surface area contributed by atoms with E-state index in [1.165, 1.54) is 12.1 Å². The molecule has 110 valence electrons. The van der Waals surface area contributed by atoms with Gasteiger partial charge in [0.2, 0.25) is 0 Å². The SMILES string of the molecule is CC1(O)CCCN(Cc2cc([N+](=O)[O-])ccc2NN)C1. The number of benzene rings is 1. The fourth-order valence-electron chi connectivity index (χ4n) is 2.66. The van der Waals surface area contributed by atoms with Crippen LogP contribution in [0.2, 0.25) is 0 Å². The molecule has 4 N–H and O–H groups in total. The number of hydrogen-bond donors (Lipinski definition) is 3. The van der Waals surface area contributed by atoms with Gasteiger partial charge in [-0.15, -0.1) is 0 Å². The van der Waals surface area contributed by atoms with E-state index in [2.05, 4.69) is 10.3 Å². The first-order valence-electron chi connectivity index (χ1n) is 6.60. The van der Waals surface area contributed by atoms with Crippen LogP contribution in [0.5, 0.6) is 0 Å². The summed E-state index contributed by atoms with van der Waals surface area (Å²) in [7, 11) is 0. The van der Waals surface area contributed by atoms with Crippen LogP contribution in [0, 0.1) is 10.1 Å². The summed E-state index contributed by atoms with van der Waals surface area (Å²) in [6, 6.07) is 4.55. The minimum Gasteiger partial charge on any atom is -0.389 e. The second-order valence-electron chi connectivity index (χ2n) is 5.55. The van der Waals surface area contributed by atoms with E-state index in [-0.39, 0.29) is 5.69 Å². The van der Waals surface area contributed by atoms with Crippen molar-refractivity contribution in [1.29, 1.82) is 0 Å². The molecule has 1 fully saturated rings. The molecule has 1 saturated heterocycles. The van der Waals surface area contributed by atoms with Gasteiger partial charge in [0, 0.05) is 25.2 Å². The van der Waals surface area contributed by atoms with Crippen molar-refractivity contribution in [3.05, 3.63) is 33.9 Å². The molecule has 0 radical (unpaired) electrons. The first-order valence-corrected chi connectivity index (χ1v) is 6.60. The van der Waals surface area contributed by atoms with Gasteiger partial charge in [-0.1, -0.05) is 0 Å². The molecule has 1 aromatic carbocycles. The number of nitrogens with zero attached hydrogens (tertiary/aromatic N) is 2. The molecule has 7 nitrogen and oxygen atoms in total. The Bertz CT molecular complexity index is 504. The maximum Gasteiger partial charge on any atom is 0.269 e. The van der Waals surface area contributed by atoms with Crippen molar-refractivity contribution < 1.29 is 10.0 Å². The Morgan fingerprint density at radius 3 is 2.95 bits per heavy atom. The molecule has 7 heteroatoms. The number of β-amino-alcohol motifs (C(OH)–C–C–N with tert-alkyl or cyclic N) is 1. The first kappa shape index (κ1) is 14.7. The molecule has 0 aromatic heterocycles. The highest BCUT2D eigenvalue weighted by Gasteiger charge is 2.28. The number of nitro benzene ring substituents is 1. The number of non-ortho nitro benzene ring substituents is 1. The highest BCUT2D eigenvalue weighted by molar-refractivity contribution is 5.55. The molecule has 1 atom stereocenters. The molecule has 20 heavy (non-hydrogen) atoms. The van der Waals surface area contributed by atoms with Crippen molar-refractivity contribution in [3.63, 3.8) is 0 Å². The van der Waals surface area contributed by atoms with Gasteiger partial charge in [0.15, 0.2) is 0 Å². The highest BCUT2D eigenvalue weighted by atomic mass is 16.6. The van der Waals surface area contributed by atoms with Crippen molar-refractivity contribution in [1.82, 2.24) is 4.90 Å². The third-order valence-electron chi connectivity index (χ3n) is 3.60. The number of hydrazine groups is 1. The summed E-state index contributed by atoms with van der Waals surface area (Å²) >= 11 is 0. The third kappa shape index (κ3) is 3.44. The molecule has 1 aliphatic heterocycles. The van der Waals surface area contributed by atoms with Crippen molar-refractivity contribution in [2.24, 2.45) is 5.84 Å². The average molecular weight is 280 g/mol. The molecule has 1 aliphatic rings. The van der Waals surface area contributed by atoms with Crippen molar-refractivity contribution in [2.75, 3.05) is 18.5 Å². The number of aliphatic hydroxyl groups is 1. The number of anilines is 1. The molecular weight excluding hydrogens is 260 g/mol. The number of hydrogen-bond acceptors (Lipinski definition) is 6. The topological polar surface area (TPSA) is 105 Å². The molecule has 0 amide bonds. The molecule has 0 aliphatic carbocycles. The summed E-state index contributed by atoms with van der Waals surface area (Å²) in [5, 5.41) is 21.0. The monoisotopic (exact) mass is 280 g/mol. The van der Waals surface area contributed by atoms with Gasteiger partial charge in [-0.25, -0.2) is 0 Å². The van der Waals surface area contributed by atoms with Crippen LogP contribution in [0.3, 0.4) is 0 Å². The van der Waals surface area contributed by atoms with Crippen LogP contribution in [-0.4, -0.2) is 33.6 Å². The van der Waals surface area contributed by atoms with Gasteiger partial charge < -0.3 is 10.5 Å². The lowest BCUT2D eigenvalue weighted by atomic mass is 9.94. The Kier molecular flexibility index (Phi) is 4.22. The maximum absolute atomic E-state index is 10.8. The molecule has 0 saturated carbocycles. The zero-order valence-electron chi connectivity index (χ0n) is 11.5. The first-order chi connectivity index (χ1) is 9.41. The lowest BCUT2D eigenvalue weighted by Crippen LogP contribution is -2.45. The fraction of sp³-hybridized carbons (Fsp3) is 0.538. The van der Waals surface area contributed by atoms with Gasteiger partial charge >= 0.3 is 0 Å². The molecule has 0 spiro atoms. The fourth-order valence-corrected chi connectivity index (χ4v) is 2.66. The normalized spacial score (nSPS) is 23.6. The number of piperidine rings is 1. The van der Waals surface area contributed by atoms with Crippen LogP contribution in [0.1, 0.15) is 25.3 Å². The summed E-state index contributed by atoms with van der Waals surface area (Å²) in [5.41, 5.74) is 3.34. The standard InChI is InChI=1S/C13H20N4O3/c1-13(18)5-2-6-16(9-13)8-10-7-11(17(19)20)3-4-12(10)15-14/h3-4,7,15,18H,2,5-6,8-9,14H2,1H3. The van der Waals surface area contributed by atoms with Crippen LogP contribution >= 0.6 is 0 Å². The third-order valence-corrected chi connectivity index (χ3v) is 3.60. The summed E-state index contributed by atoms with van der Waals surface area (Å²) < 4.78 is 0. The van der Waals surface area contributed by atoms with Crippen LogP contribution in [0.15, 0.2) is 18.2 Å². The average Bonchev–Trinajstić information content (AvgIpc) is 2.37. The van der Waals surface area contributed by atoms with Gasteiger partial charge in [-0.3, -0.25) is 20.9 Å². The van der Waals surface area contributed by atoms with E-state index in [0.717, 1.165) is 24.9 Å². The van der Waals surface area contributed by atoms with Gasteiger partial charge in [0.1, 0.15) is 0 Å². The number of nitrogen functional groups attached to an aromatic ring is 1. The molecule has 1 unspecified atom stereocenters. The Balaban J connectivity index is 2.18. The van der Waals surface area contributed by atoms with Crippen molar-refractivity contribution in [3.8, 4) is 0 Å². The van der Waals surface area contributed by atoms with Crippen LogP contribution in [-0.2, 0) is 6.54 Å². The summed E-state index contributed by atoms with van der Waals surface area (Å²) in [6.45, 7) is 3.76. The molecule has 2 rings (SSSR count). The minimum absolute atomic E-state index is 0.0442. The smallest absolute Gasteiger partial charge is 0.269 e. The van der Waals surface area contributed by atoms with E-state index in [9.17, 15) is 15.2 Å². The van der Waals surface area contributed by atoms with E-state index in [0.29, 0.717) is 18.8 Å². The lowest BCUT2D eigenvalue weighted by Gasteiger charge is -2.37. The van der Waals surface area contributed by atoms with Gasteiger partial charge in [-0.2, -0.15) is 0 Å². The van der Waals surface area contributed by atoms with E-state index >= 15 is 0 Å². The van der Waals surface area contributed by atoms with Crippen molar-refractivity contribution >= 4 is 11.4 Å². The Morgan fingerprint density at radius 2 is 2.35 bits per heavy atom. The second kappa shape index (κ2) is 5.74. The van der Waals surface area contributed by atoms with Crippen LogP contribution < -0.4 is 11.3 Å². The largest absolute Gasteiger partial charge is 0.389 e. The van der Waals surface area contributed by atoms with Gasteiger partial charge in [0.05, 0.1) is 16.2 Å². The number of nitro groups is 1. The summed E-state index contributed by atoms with van der Waals surface area (Å²) in [6.07, 6.45) is 1.69. The quantitative estimate of drug-likeness (QED) is 0.435. The Hall–Kier alpha value is -1.70. The van der Waals surface area contributed by atoms with E-state index in [4.69, 9.17) is 5.84 Å². The Labute approximate surface area is 117 Å². The highest BCUT2D eigenvalue weighted by Crippen LogP contribution is 2.26. The van der Waals surface area contributed by atoms with E-state index < -0.39 is 10.5 Å². The number of likely N-dealkylation sites (tertiary alicyclic amines) is 1. The number of rotatable bonds is 4. The van der Waals surface area contributed by atoms with Gasteiger partial charge in [0.25, 0.3) is 5.69 Å². The molecule has 1 heterocycles. The molecule has 1 aromatic rings.